The van der Waals surface area contributed by atoms with Crippen LogP contribution < -0.4 is 19.1 Å². The van der Waals surface area contributed by atoms with Crippen LogP contribution in [0.5, 0.6) is 11.5 Å². The summed E-state index contributed by atoms with van der Waals surface area (Å²) >= 11 is 0. The highest BCUT2D eigenvalue weighted by Gasteiger charge is 2.33. The van der Waals surface area contributed by atoms with Gasteiger partial charge in [-0.3, -0.25) is 13.9 Å². The van der Waals surface area contributed by atoms with Gasteiger partial charge in [-0.2, -0.15) is 0 Å². The number of nitrogens with one attached hydrogen (secondary N) is 1. The molecular weight excluding hydrogens is 542 g/mol. The van der Waals surface area contributed by atoms with E-state index in [-0.39, 0.29) is 23.0 Å². The minimum Gasteiger partial charge on any atom is -0.497 e. The third-order valence-corrected chi connectivity index (χ3v) is 8.47. The number of carbonyl (C=O) groups excluding carboxylic acids is 2. The molecule has 0 saturated carbocycles. The Balaban J connectivity index is 2.03. The molecule has 0 spiro atoms. The van der Waals surface area contributed by atoms with E-state index in [2.05, 4.69) is 5.32 Å². The van der Waals surface area contributed by atoms with Crippen LogP contribution in [0.2, 0.25) is 0 Å². The quantitative estimate of drug-likeness (QED) is 0.263. The van der Waals surface area contributed by atoms with Crippen LogP contribution in [0.4, 0.5) is 5.69 Å². The molecule has 0 radical (unpaired) electrons. The first-order valence-corrected chi connectivity index (χ1v) is 15.1. The molecule has 0 fully saturated rings. The molecule has 9 nitrogen and oxygen atoms in total. The first-order chi connectivity index (χ1) is 19.7. The minimum atomic E-state index is -4.15. The summed E-state index contributed by atoms with van der Waals surface area (Å²) < 4.78 is 39.4. The van der Waals surface area contributed by atoms with Gasteiger partial charge in [-0.1, -0.05) is 56.7 Å². The average molecular weight is 582 g/mol. The molecule has 0 aliphatic rings. The molecule has 0 saturated heterocycles. The maximum atomic E-state index is 14.1. The zero-order valence-electron chi connectivity index (χ0n) is 24.1. The summed E-state index contributed by atoms with van der Waals surface area (Å²) in [5, 5.41) is 2.93. The first kappa shape index (κ1) is 31.5. The summed E-state index contributed by atoms with van der Waals surface area (Å²) in [6, 6.07) is 20.9. The number of benzene rings is 3. The molecule has 10 heteroatoms. The van der Waals surface area contributed by atoms with Gasteiger partial charge in [0, 0.05) is 19.2 Å². The lowest BCUT2D eigenvalue weighted by Crippen LogP contribution is -2.52. The molecule has 220 valence electrons. The fraction of sp³-hybridized carbons (Fsp3) is 0.355. The number of anilines is 1. The van der Waals surface area contributed by atoms with Gasteiger partial charge in [-0.05, 0) is 54.8 Å². The number of amides is 2. The number of nitrogens with zero attached hydrogens (tertiary/aromatic N) is 2. The molecule has 0 unspecified atom stereocenters. The Hall–Kier alpha value is -4.05. The van der Waals surface area contributed by atoms with E-state index in [0.717, 1.165) is 22.7 Å². The van der Waals surface area contributed by atoms with Crippen molar-refractivity contribution in [1.29, 1.82) is 0 Å². The van der Waals surface area contributed by atoms with E-state index >= 15 is 0 Å². The van der Waals surface area contributed by atoms with Gasteiger partial charge >= 0.3 is 0 Å². The fourth-order valence-electron chi connectivity index (χ4n) is 4.37. The molecule has 3 aromatic rings. The molecule has 0 aliphatic carbocycles. The van der Waals surface area contributed by atoms with Crippen LogP contribution in [0.15, 0.2) is 83.8 Å². The van der Waals surface area contributed by atoms with Crippen LogP contribution >= 0.6 is 0 Å². The van der Waals surface area contributed by atoms with Gasteiger partial charge in [0.15, 0.2) is 0 Å². The van der Waals surface area contributed by atoms with Crippen molar-refractivity contribution < 1.29 is 27.5 Å². The largest absolute Gasteiger partial charge is 0.497 e. The number of unbranched alkanes of at least 4 members (excludes halogenated alkanes) is 1. The van der Waals surface area contributed by atoms with E-state index in [1.807, 2.05) is 26.0 Å². The highest BCUT2D eigenvalue weighted by Crippen LogP contribution is 2.28. The zero-order chi connectivity index (χ0) is 29.8. The van der Waals surface area contributed by atoms with Crippen molar-refractivity contribution in [3.05, 3.63) is 84.4 Å². The molecule has 0 aromatic heterocycles. The van der Waals surface area contributed by atoms with Gasteiger partial charge in [0.2, 0.25) is 11.8 Å². The van der Waals surface area contributed by atoms with Gasteiger partial charge in [0.05, 0.1) is 24.8 Å². The first-order valence-electron chi connectivity index (χ1n) is 13.7. The Morgan fingerprint density at radius 2 is 1.56 bits per heavy atom. The van der Waals surface area contributed by atoms with E-state index in [1.54, 1.807) is 61.7 Å². The second-order valence-electron chi connectivity index (χ2n) is 9.46. The molecule has 3 rings (SSSR count). The number of ether oxygens (including phenoxy) is 2. The maximum absolute atomic E-state index is 14.1. The summed E-state index contributed by atoms with van der Waals surface area (Å²) in [6.45, 7) is 3.95. The number of hydrogen-bond donors (Lipinski definition) is 1. The Morgan fingerprint density at radius 3 is 2.17 bits per heavy atom. The number of hydrogen-bond acceptors (Lipinski definition) is 6. The van der Waals surface area contributed by atoms with Gasteiger partial charge < -0.3 is 19.7 Å². The van der Waals surface area contributed by atoms with Crippen LogP contribution in [0, 0.1) is 0 Å². The van der Waals surface area contributed by atoms with E-state index in [9.17, 15) is 18.0 Å². The fourth-order valence-corrected chi connectivity index (χ4v) is 5.79. The monoisotopic (exact) mass is 581 g/mol. The topological polar surface area (TPSA) is 105 Å². The lowest BCUT2D eigenvalue weighted by molar-refractivity contribution is -0.140. The lowest BCUT2D eigenvalue weighted by atomic mass is 10.1. The van der Waals surface area contributed by atoms with Crippen molar-refractivity contribution in [2.24, 2.45) is 0 Å². The molecule has 1 N–H and O–H groups in total. The van der Waals surface area contributed by atoms with Crippen molar-refractivity contribution >= 4 is 27.5 Å². The van der Waals surface area contributed by atoms with Crippen LogP contribution in [0.3, 0.4) is 0 Å². The molecular formula is C31H39N3O6S. The van der Waals surface area contributed by atoms with Gasteiger partial charge in [0.25, 0.3) is 10.0 Å². The summed E-state index contributed by atoms with van der Waals surface area (Å²) in [7, 11) is -1.09. The predicted molar refractivity (Wildman–Crippen MR) is 160 cm³/mol. The lowest BCUT2D eigenvalue weighted by Gasteiger charge is -2.33. The Labute approximate surface area is 243 Å². The van der Waals surface area contributed by atoms with Crippen LogP contribution in [-0.4, -0.2) is 58.5 Å². The molecule has 1 atom stereocenters. The van der Waals surface area contributed by atoms with Crippen molar-refractivity contribution in [3.63, 3.8) is 0 Å². The van der Waals surface area contributed by atoms with E-state index in [4.69, 9.17) is 9.47 Å². The highest BCUT2D eigenvalue weighted by atomic mass is 32.2. The predicted octanol–water partition coefficient (Wildman–Crippen LogP) is 4.62. The Kier molecular flexibility index (Phi) is 11.6. The summed E-state index contributed by atoms with van der Waals surface area (Å²) in [5.41, 5.74) is 1.05. The van der Waals surface area contributed by atoms with Gasteiger partial charge in [-0.15, -0.1) is 0 Å². The van der Waals surface area contributed by atoms with E-state index < -0.39 is 28.5 Å². The SMILES string of the molecule is CCCCNC(=O)[C@H](CC)N(Cc1ccc(OC)cc1)C(=O)CN(c1cccc(OC)c1)S(=O)(=O)c1ccccc1. The molecule has 0 heterocycles. The minimum absolute atomic E-state index is 0.0432. The second kappa shape index (κ2) is 15.1. The normalized spacial score (nSPS) is 11.8. The summed E-state index contributed by atoms with van der Waals surface area (Å²) in [6.07, 6.45) is 2.08. The number of carbonyl (C=O) groups is 2. The summed E-state index contributed by atoms with van der Waals surface area (Å²) in [4.78, 5) is 28.9. The average Bonchev–Trinajstić information content (AvgIpc) is 3.00. The second-order valence-corrected chi connectivity index (χ2v) is 11.3. The molecule has 0 bridgehead atoms. The Morgan fingerprint density at radius 1 is 0.878 bits per heavy atom. The maximum Gasteiger partial charge on any atom is 0.264 e. The number of sulfonamides is 1. The van der Waals surface area contributed by atoms with Crippen molar-refractivity contribution in [2.75, 3.05) is 31.6 Å². The van der Waals surface area contributed by atoms with Crippen LogP contribution in [0.1, 0.15) is 38.7 Å². The van der Waals surface area contributed by atoms with Gasteiger partial charge in [-0.25, -0.2) is 8.42 Å². The molecule has 3 aromatic carbocycles. The van der Waals surface area contributed by atoms with E-state index in [0.29, 0.717) is 24.5 Å². The third kappa shape index (κ3) is 8.23. The third-order valence-electron chi connectivity index (χ3n) is 6.68. The number of rotatable bonds is 15. The van der Waals surface area contributed by atoms with Crippen LogP contribution in [-0.2, 0) is 26.2 Å². The van der Waals surface area contributed by atoms with Crippen LogP contribution in [0.25, 0.3) is 0 Å². The molecule has 0 aliphatic heterocycles. The van der Waals surface area contributed by atoms with E-state index in [1.165, 1.54) is 24.1 Å². The number of methoxy groups -OCH3 is 2. The van der Waals surface area contributed by atoms with Gasteiger partial charge in [0.1, 0.15) is 24.1 Å². The van der Waals surface area contributed by atoms with Crippen molar-refractivity contribution in [2.45, 2.75) is 50.6 Å². The summed E-state index contributed by atoms with van der Waals surface area (Å²) in [5.74, 6) is 0.316. The van der Waals surface area contributed by atoms with Crippen molar-refractivity contribution in [3.8, 4) is 11.5 Å². The molecule has 41 heavy (non-hydrogen) atoms. The molecule has 2 amide bonds. The van der Waals surface area contributed by atoms with Crippen molar-refractivity contribution in [1.82, 2.24) is 10.2 Å². The highest BCUT2D eigenvalue weighted by molar-refractivity contribution is 7.92. The zero-order valence-corrected chi connectivity index (χ0v) is 24.9. The smallest absolute Gasteiger partial charge is 0.264 e. The standard InChI is InChI=1S/C31H39N3O6S/c1-5-7-20-32-31(36)29(6-2)33(22-24-16-18-26(39-3)19-17-24)30(35)23-34(25-12-11-13-27(21-25)40-4)41(37,38)28-14-9-8-10-15-28/h8-19,21,29H,5-7,20,22-23H2,1-4H3,(H,32,36)/t29-/m0/s1. The Bertz CT molecular complexity index is 1380.